The number of benzene rings is 3. The number of hydrogen-bond acceptors (Lipinski definition) is 6. The minimum Gasteiger partial charge on any atom is -0.457 e. The maximum atomic E-state index is 12.8. The molecule has 0 saturated carbocycles. The average molecular weight is 550 g/mol. The van der Waals surface area contributed by atoms with E-state index < -0.39 is 32.5 Å². The molecule has 0 unspecified atom stereocenters. The lowest BCUT2D eigenvalue weighted by molar-refractivity contribution is -0.0761. The highest BCUT2D eigenvalue weighted by molar-refractivity contribution is 7.87. The van der Waals surface area contributed by atoms with Crippen LogP contribution in [0, 0.1) is 5.41 Å². The van der Waals surface area contributed by atoms with E-state index in [9.17, 15) is 31.2 Å². The van der Waals surface area contributed by atoms with Crippen LogP contribution in [0.25, 0.3) is 10.8 Å². The number of hydrogen-bond donors (Lipinski definition) is 0. The smallest absolute Gasteiger partial charge is 0.457 e. The predicted octanol–water partition coefficient (Wildman–Crippen LogP) is 6.72. The van der Waals surface area contributed by atoms with E-state index >= 15 is 0 Å². The summed E-state index contributed by atoms with van der Waals surface area (Å²) in [4.78, 5) is 25.7. The molecule has 0 aliphatic carbocycles. The van der Waals surface area contributed by atoms with E-state index in [1.54, 1.807) is 6.07 Å². The molecule has 0 spiro atoms. The molecule has 0 N–H and O–H groups in total. The highest BCUT2D eigenvalue weighted by atomic mass is 32.2. The fraction of sp³-hybridized carbons (Fsp3) is 0.333. The van der Waals surface area contributed by atoms with Crippen LogP contribution in [0.15, 0.2) is 54.6 Å². The molecule has 3 aromatic rings. The molecule has 0 fully saturated rings. The van der Waals surface area contributed by atoms with Crippen molar-refractivity contribution >= 4 is 32.7 Å². The first-order valence-electron chi connectivity index (χ1n) is 11.7. The zero-order valence-electron chi connectivity index (χ0n) is 21.3. The molecule has 1 heterocycles. The van der Waals surface area contributed by atoms with E-state index in [0.717, 1.165) is 12.0 Å². The summed E-state index contributed by atoms with van der Waals surface area (Å²) in [5, 5.41) is 0.0720. The van der Waals surface area contributed by atoms with Gasteiger partial charge in [-0.25, -0.2) is 0 Å². The highest BCUT2D eigenvalue weighted by Gasteiger charge is 2.51. The zero-order chi connectivity index (χ0) is 28.3. The number of amides is 2. The number of halogens is 3. The topological polar surface area (TPSA) is 90.0 Å². The molecule has 11 heteroatoms. The fourth-order valence-electron chi connectivity index (χ4n) is 4.87. The first-order valence-corrected chi connectivity index (χ1v) is 13.1. The van der Waals surface area contributed by atoms with E-state index in [4.69, 9.17) is 4.74 Å². The van der Waals surface area contributed by atoms with E-state index in [0.29, 0.717) is 16.9 Å². The second kappa shape index (κ2) is 9.09. The molecule has 2 amide bonds. The number of carbonyl (C=O) groups is 2. The lowest BCUT2D eigenvalue weighted by atomic mass is 9.72. The van der Waals surface area contributed by atoms with Crippen molar-refractivity contribution in [3.05, 3.63) is 71.3 Å². The van der Waals surface area contributed by atoms with E-state index in [1.807, 2.05) is 24.3 Å². The first-order chi connectivity index (χ1) is 17.4. The highest BCUT2D eigenvalue weighted by Crippen LogP contribution is 2.40. The van der Waals surface area contributed by atoms with Crippen molar-refractivity contribution in [1.29, 1.82) is 0 Å². The Labute approximate surface area is 218 Å². The second-order valence-corrected chi connectivity index (χ2v) is 12.5. The van der Waals surface area contributed by atoms with Gasteiger partial charge in [0.15, 0.2) is 0 Å². The SMILES string of the molecule is CC(C)(C)CC(C)(C)c1ccc(Oc2ccc3c4c(cccc24)C(=O)N(OS(=O)(=O)C(F)(F)F)C3=O)cc1. The lowest BCUT2D eigenvalue weighted by Crippen LogP contribution is -2.44. The zero-order valence-corrected chi connectivity index (χ0v) is 22.2. The number of carbonyl (C=O) groups excluding carboxylic acids is 2. The first kappa shape index (κ1) is 27.6. The van der Waals surface area contributed by atoms with Crippen LogP contribution in [0.2, 0.25) is 0 Å². The molecule has 7 nitrogen and oxygen atoms in total. The number of hydroxylamine groups is 2. The van der Waals surface area contributed by atoms with E-state index in [2.05, 4.69) is 38.9 Å². The molecular formula is C27H26F3NO6S. The van der Waals surface area contributed by atoms with Gasteiger partial charge in [0.25, 0.3) is 11.8 Å². The summed E-state index contributed by atoms with van der Waals surface area (Å²) in [7, 11) is -6.25. The summed E-state index contributed by atoms with van der Waals surface area (Å²) in [5.41, 5.74) is -5.06. The maximum absolute atomic E-state index is 12.8. The van der Waals surface area contributed by atoms with Gasteiger partial charge >= 0.3 is 15.6 Å². The molecule has 3 aromatic carbocycles. The van der Waals surface area contributed by atoms with Crippen LogP contribution in [0.5, 0.6) is 11.5 Å². The predicted molar refractivity (Wildman–Crippen MR) is 134 cm³/mol. The van der Waals surface area contributed by atoms with Crippen LogP contribution in [0.4, 0.5) is 13.2 Å². The monoisotopic (exact) mass is 549 g/mol. The molecular weight excluding hydrogens is 523 g/mol. The van der Waals surface area contributed by atoms with Crippen LogP contribution in [-0.4, -0.2) is 30.8 Å². The van der Waals surface area contributed by atoms with E-state index in [1.165, 1.54) is 24.3 Å². The molecule has 4 rings (SSSR count). The van der Waals surface area contributed by atoms with Crippen molar-refractivity contribution in [3.8, 4) is 11.5 Å². The molecule has 1 aliphatic rings. The summed E-state index contributed by atoms with van der Waals surface area (Å²) in [6.45, 7) is 10.9. The van der Waals surface area contributed by atoms with Crippen molar-refractivity contribution in [2.45, 2.75) is 52.0 Å². The Morgan fingerprint density at radius 2 is 1.39 bits per heavy atom. The van der Waals surface area contributed by atoms with Crippen molar-refractivity contribution < 1.29 is 40.2 Å². The molecule has 1 aliphatic heterocycles. The molecule has 38 heavy (non-hydrogen) atoms. The quantitative estimate of drug-likeness (QED) is 0.250. The van der Waals surface area contributed by atoms with Crippen molar-refractivity contribution in [1.82, 2.24) is 5.06 Å². The van der Waals surface area contributed by atoms with E-state index in [-0.39, 0.29) is 27.3 Å². The minimum absolute atomic E-state index is 0.0781. The third-order valence-corrected chi connectivity index (χ3v) is 7.03. The molecule has 202 valence electrons. The average Bonchev–Trinajstić information content (AvgIpc) is 2.79. The van der Waals surface area contributed by atoms with Gasteiger partial charge in [0.05, 0.1) is 11.1 Å². The van der Waals surface area contributed by atoms with Gasteiger partial charge < -0.3 is 4.74 Å². The van der Waals surface area contributed by atoms with Crippen molar-refractivity contribution in [2.75, 3.05) is 0 Å². The Hall–Kier alpha value is -3.44. The van der Waals surface area contributed by atoms with Crippen molar-refractivity contribution in [2.24, 2.45) is 5.41 Å². The molecule has 0 bridgehead atoms. The summed E-state index contributed by atoms with van der Waals surface area (Å²) in [6, 6.07) is 14.5. The van der Waals surface area contributed by atoms with Crippen LogP contribution in [0.3, 0.4) is 0 Å². The van der Waals surface area contributed by atoms with Gasteiger partial charge in [0.2, 0.25) is 0 Å². The van der Waals surface area contributed by atoms with Crippen LogP contribution < -0.4 is 4.74 Å². The normalized spacial score (nSPS) is 14.8. The second-order valence-electron chi connectivity index (χ2n) is 11.0. The largest absolute Gasteiger partial charge is 0.525 e. The Morgan fingerprint density at radius 3 is 1.95 bits per heavy atom. The van der Waals surface area contributed by atoms with Gasteiger partial charge in [-0.1, -0.05) is 58.9 Å². The van der Waals surface area contributed by atoms with Crippen LogP contribution in [0.1, 0.15) is 67.3 Å². The van der Waals surface area contributed by atoms with Gasteiger partial charge in [-0.3, -0.25) is 9.59 Å². The van der Waals surface area contributed by atoms with Gasteiger partial charge in [-0.05, 0) is 53.1 Å². The Kier molecular flexibility index (Phi) is 6.60. The number of imide groups is 1. The molecule has 0 saturated heterocycles. The minimum atomic E-state index is -6.25. The molecule has 0 atom stereocenters. The van der Waals surface area contributed by atoms with Gasteiger partial charge in [-0.2, -0.15) is 21.6 Å². The number of rotatable bonds is 6. The third kappa shape index (κ3) is 5.12. The summed E-state index contributed by atoms with van der Waals surface area (Å²) >= 11 is 0. The third-order valence-electron chi connectivity index (χ3n) is 6.12. The summed E-state index contributed by atoms with van der Waals surface area (Å²) in [5.74, 6) is -1.90. The Balaban J connectivity index is 1.67. The maximum Gasteiger partial charge on any atom is 0.525 e. The summed E-state index contributed by atoms with van der Waals surface area (Å²) in [6.07, 6.45) is 0.960. The summed E-state index contributed by atoms with van der Waals surface area (Å²) < 4.78 is 71.3. The lowest BCUT2D eigenvalue weighted by Gasteiger charge is -2.33. The number of alkyl halides is 3. The van der Waals surface area contributed by atoms with Gasteiger partial charge in [-0.15, -0.1) is 9.35 Å². The molecule has 0 radical (unpaired) electrons. The Bertz CT molecular complexity index is 1520. The Morgan fingerprint density at radius 1 is 0.816 bits per heavy atom. The molecule has 0 aromatic heterocycles. The van der Waals surface area contributed by atoms with Gasteiger partial charge in [0.1, 0.15) is 11.5 Å². The van der Waals surface area contributed by atoms with Gasteiger partial charge in [0, 0.05) is 10.8 Å². The number of nitrogens with zero attached hydrogens (tertiary/aromatic N) is 1. The fourth-order valence-corrected chi connectivity index (χ4v) is 5.29. The standard InChI is InChI=1S/C27H26F3NO6S/c1-25(2,3)15-26(4,5)16-9-11-17(12-10-16)36-21-14-13-20-22-18(21)7-6-8-19(22)23(32)31(24(20)33)37-38(34,35)27(28,29)30/h6-14H,15H2,1-5H3. The number of ether oxygens (including phenoxy) is 1. The van der Waals surface area contributed by atoms with Crippen LogP contribution >= 0.6 is 0 Å². The van der Waals surface area contributed by atoms with Crippen LogP contribution in [-0.2, 0) is 19.8 Å². The van der Waals surface area contributed by atoms with Crippen molar-refractivity contribution in [3.63, 3.8) is 0 Å².